The smallest absolute Gasteiger partial charge is 0.0605 e. The van der Waals surface area contributed by atoms with Crippen molar-refractivity contribution in [1.29, 1.82) is 0 Å². The van der Waals surface area contributed by atoms with Crippen LogP contribution >= 0.6 is 0 Å². The molecule has 0 saturated carbocycles. The standard InChI is InChI=1S/C4H10N2O/c1-3-7-4-2-6-5-1/h5-6H,1-4H2. The fraction of sp³-hybridized carbons (Fsp3) is 1.00. The average Bonchev–Trinajstić information content (AvgIpc) is 1.90. The van der Waals surface area contributed by atoms with Gasteiger partial charge in [-0.1, -0.05) is 0 Å². The summed E-state index contributed by atoms with van der Waals surface area (Å²) in [5, 5.41) is 0. The van der Waals surface area contributed by atoms with Gasteiger partial charge in [-0.3, -0.25) is 10.9 Å². The van der Waals surface area contributed by atoms with Crippen LogP contribution in [-0.4, -0.2) is 26.3 Å². The molecule has 1 rings (SSSR count). The minimum Gasteiger partial charge on any atom is -0.379 e. The van der Waals surface area contributed by atoms with Gasteiger partial charge in [0, 0.05) is 13.1 Å². The van der Waals surface area contributed by atoms with Crippen molar-refractivity contribution < 1.29 is 4.74 Å². The van der Waals surface area contributed by atoms with Gasteiger partial charge in [0.25, 0.3) is 0 Å². The van der Waals surface area contributed by atoms with Gasteiger partial charge < -0.3 is 4.74 Å². The average molecular weight is 102 g/mol. The fourth-order valence-corrected chi connectivity index (χ4v) is 0.525. The van der Waals surface area contributed by atoms with Crippen LogP contribution < -0.4 is 10.9 Å². The highest BCUT2D eigenvalue weighted by Crippen LogP contribution is 1.73. The van der Waals surface area contributed by atoms with Crippen molar-refractivity contribution in [2.45, 2.75) is 0 Å². The molecule has 3 heteroatoms. The molecule has 1 aliphatic rings. The maximum atomic E-state index is 5.07. The third-order valence-electron chi connectivity index (χ3n) is 0.868. The molecule has 0 radical (unpaired) electrons. The van der Waals surface area contributed by atoms with Crippen molar-refractivity contribution in [2.75, 3.05) is 26.3 Å². The van der Waals surface area contributed by atoms with E-state index in [9.17, 15) is 0 Å². The van der Waals surface area contributed by atoms with E-state index in [0.717, 1.165) is 26.3 Å². The summed E-state index contributed by atoms with van der Waals surface area (Å²) in [5.41, 5.74) is 5.94. The first-order valence-electron chi connectivity index (χ1n) is 2.53. The highest BCUT2D eigenvalue weighted by atomic mass is 16.5. The van der Waals surface area contributed by atoms with Crippen molar-refractivity contribution in [3.63, 3.8) is 0 Å². The second kappa shape index (κ2) is 2.96. The predicted molar refractivity (Wildman–Crippen MR) is 26.8 cm³/mol. The third-order valence-corrected chi connectivity index (χ3v) is 0.868. The van der Waals surface area contributed by atoms with E-state index < -0.39 is 0 Å². The van der Waals surface area contributed by atoms with Crippen LogP contribution in [0.5, 0.6) is 0 Å². The normalized spacial score (nSPS) is 24.0. The van der Waals surface area contributed by atoms with E-state index in [1.807, 2.05) is 0 Å². The Morgan fingerprint density at radius 2 is 1.57 bits per heavy atom. The molecule has 0 unspecified atom stereocenters. The second-order valence-electron chi connectivity index (χ2n) is 1.47. The summed E-state index contributed by atoms with van der Waals surface area (Å²) in [6, 6.07) is 0. The first-order valence-corrected chi connectivity index (χ1v) is 2.53. The molecule has 1 heterocycles. The van der Waals surface area contributed by atoms with Crippen LogP contribution in [0.3, 0.4) is 0 Å². The summed E-state index contributed by atoms with van der Waals surface area (Å²) < 4.78 is 5.07. The monoisotopic (exact) mass is 102 g/mol. The van der Waals surface area contributed by atoms with Crippen molar-refractivity contribution >= 4 is 0 Å². The summed E-state index contributed by atoms with van der Waals surface area (Å²) in [5.74, 6) is 0. The number of ether oxygens (including phenoxy) is 1. The summed E-state index contributed by atoms with van der Waals surface area (Å²) in [6.45, 7) is 3.49. The summed E-state index contributed by atoms with van der Waals surface area (Å²) in [4.78, 5) is 0. The molecule has 42 valence electrons. The molecular weight excluding hydrogens is 92.1 g/mol. The molecule has 3 nitrogen and oxygen atoms in total. The Bertz CT molecular complexity index is 29.3. The molecule has 0 spiro atoms. The van der Waals surface area contributed by atoms with Crippen LogP contribution in [0.15, 0.2) is 0 Å². The first kappa shape index (κ1) is 5.03. The number of rotatable bonds is 0. The van der Waals surface area contributed by atoms with E-state index in [2.05, 4.69) is 10.9 Å². The molecule has 2 N–H and O–H groups in total. The molecule has 0 aliphatic carbocycles. The largest absolute Gasteiger partial charge is 0.379 e. The maximum Gasteiger partial charge on any atom is 0.0605 e. The lowest BCUT2D eigenvalue weighted by Gasteiger charge is -1.94. The Morgan fingerprint density at radius 1 is 1.00 bits per heavy atom. The van der Waals surface area contributed by atoms with Crippen molar-refractivity contribution in [3.05, 3.63) is 0 Å². The lowest BCUT2D eigenvalue weighted by atomic mass is 10.7. The Morgan fingerprint density at radius 3 is 2.14 bits per heavy atom. The SMILES string of the molecule is C1COCCNN1. The van der Waals surface area contributed by atoms with Crippen LogP contribution in [0.4, 0.5) is 0 Å². The van der Waals surface area contributed by atoms with Gasteiger partial charge in [-0.05, 0) is 0 Å². The van der Waals surface area contributed by atoms with Gasteiger partial charge in [-0.25, -0.2) is 0 Å². The third kappa shape index (κ3) is 1.87. The summed E-state index contributed by atoms with van der Waals surface area (Å²) >= 11 is 0. The number of hydrazine groups is 1. The van der Waals surface area contributed by atoms with E-state index in [-0.39, 0.29) is 0 Å². The van der Waals surface area contributed by atoms with Crippen LogP contribution in [0.2, 0.25) is 0 Å². The maximum absolute atomic E-state index is 5.07. The zero-order valence-corrected chi connectivity index (χ0v) is 4.24. The Balaban J connectivity index is 2.04. The highest BCUT2D eigenvalue weighted by Gasteiger charge is 1.92. The van der Waals surface area contributed by atoms with Gasteiger partial charge in [0.15, 0.2) is 0 Å². The van der Waals surface area contributed by atoms with E-state index >= 15 is 0 Å². The molecule has 7 heavy (non-hydrogen) atoms. The topological polar surface area (TPSA) is 33.3 Å². The molecule has 0 aromatic heterocycles. The predicted octanol–water partition coefficient (Wildman–Crippen LogP) is -0.889. The molecular formula is C4H10N2O. The quantitative estimate of drug-likeness (QED) is 0.416. The lowest BCUT2D eigenvalue weighted by Crippen LogP contribution is -2.32. The van der Waals surface area contributed by atoms with Gasteiger partial charge in [0.05, 0.1) is 13.2 Å². The lowest BCUT2D eigenvalue weighted by molar-refractivity contribution is 0.157. The molecule has 0 aromatic carbocycles. The van der Waals surface area contributed by atoms with Crippen LogP contribution in [0, 0.1) is 0 Å². The Labute approximate surface area is 43.0 Å². The second-order valence-corrected chi connectivity index (χ2v) is 1.47. The number of nitrogens with one attached hydrogen (secondary N) is 2. The van der Waals surface area contributed by atoms with E-state index in [1.54, 1.807) is 0 Å². The van der Waals surface area contributed by atoms with Gasteiger partial charge in [-0.15, -0.1) is 0 Å². The van der Waals surface area contributed by atoms with Gasteiger partial charge >= 0.3 is 0 Å². The number of hydrogen-bond donors (Lipinski definition) is 2. The Kier molecular flexibility index (Phi) is 2.12. The van der Waals surface area contributed by atoms with Gasteiger partial charge in [0.2, 0.25) is 0 Å². The van der Waals surface area contributed by atoms with Crippen LogP contribution in [0.1, 0.15) is 0 Å². The van der Waals surface area contributed by atoms with Gasteiger partial charge in [0.1, 0.15) is 0 Å². The summed E-state index contributed by atoms with van der Waals surface area (Å²) in [7, 11) is 0. The Hall–Kier alpha value is -0.120. The van der Waals surface area contributed by atoms with E-state index in [0.29, 0.717) is 0 Å². The highest BCUT2D eigenvalue weighted by molar-refractivity contribution is 4.45. The molecule has 1 saturated heterocycles. The molecule has 0 amide bonds. The molecule has 1 fully saturated rings. The molecule has 0 atom stereocenters. The molecule has 0 bridgehead atoms. The zero-order chi connectivity index (χ0) is 4.95. The van der Waals surface area contributed by atoms with Crippen molar-refractivity contribution in [3.8, 4) is 0 Å². The zero-order valence-electron chi connectivity index (χ0n) is 4.24. The van der Waals surface area contributed by atoms with E-state index in [4.69, 9.17) is 4.74 Å². The van der Waals surface area contributed by atoms with Crippen LogP contribution in [0.25, 0.3) is 0 Å². The minimum absolute atomic E-state index is 0.826. The summed E-state index contributed by atoms with van der Waals surface area (Å²) in [6.07, 6.45) is 0. The minimum atomic E-state index is 0.826. The first-order chi connectivity index (χ1) is 3.50. The molecule has 0 aromatic rings. The van der Waals surface area contributed by atoms with E-state index in [1.165, 1.54) is 0 Å². The number of hydrogen-bond acceptors (Lipinski definition) is 3. The molecule has 1 aliphatic heterocycles. The van der Waals surface area contributed by atoms with Crippen molar-refractivity contribution in [1.82, 2.24) is 10.9 Å². The van der Waals surface area contributed by atoms with Crippen LogP contribution in [-0.2, 0) is 4.74 Å². The van der Waals surface area contributed by atoms with Gasteiger partial charge in [-0.2, -0.15) is 0 Å². The van der Waals surface area contributed by atoms with Crippen molar-refractivity contribution in [2.24, 2.45) is 0 Å². The fourth-order valence-electron chi connectivity index (χ4n) is 0.525.